The molecule has 7 aromatic carbocycles. The highest BCUT2D eigenvalue weighted by molar-refractivity contribution is 7.48. The first kappa shape index (κ1) is 67.0. The Balaban J connectivity index is 1.19. The summed E-state index contributed by atoms with van der Waals surface area (Å²) in [5.41, 5.74) is 5.20. The first-order valence-electron chi connectivity index (χ1n) is 31.2. The molecule has 0 aromatic heterocycles. The molecule has 0 saturated heterocycles. The van der Waals surface area contributed by atoms with Crippen LogP contribution in [0.1, 0.15) is 136 Å². The fourth-order valence-corrected chi connectivity index (χ4v) is 13.2. The summed E-state index contributed by atoms with van der Waals surface area (Å²) in [7, 11) is -9.61. The molecule has 0 amide bonds. The number of rotatable bonds is 41. The van der Waals surface area contributed by atoms with E-state index in [0.717, 1.165) is 36.0 Å². The minimum atomic E-state index is -4.81. The van der Waals surface area contributed by atoms with E-state index >= 15 is 9.13 Å². The van der Waals surface area contributed by atoms with E-state index in [1.165, 1.54) is 57.8 Å². The Morgan fingerprint density at radius 3 is 0.885 bits per heavy atom. The monoisotopic (exact) mass is 1220 g/mol. The molecule has 0 bridgehead atoms. The lowest BCUT2D eigenvalue weighted by atomic mass is 9.78. The van der Waals surface area contributed by atoms with Crippen LogP contribution in [-0.2, 0) is 106 Å². The average Bonchev–Trinajstić information content (AvgIpc) is 1.03. The molecule has 0 heterocycles. The summed E-state index contributed by atoms with van der Waals surface area (Å²) in [4.78, 5) is 14.2. The summed E-state index contributed by atoms with van der Waals surface area (Å²) in [5, 5.41) is 0. The maximum Gasteiger partial charge on any atom is 0.475 e. The number of carbonyl (C=O) groups excluding carboxylic acids is 1. The molecule has 13 nitrogen and oxygen atoms in total. The first-order valence-corrected chi connectivity index (χ1v) is 34.1. The van der Waals surface area contributed by atoms with Gasteiger partial charge in [0.15, 0.2) is 0 Å². The third-order valence-corrected chi connectivity index (χ3v) is 18.1. The first-order chi connectivity index (χ1) is 42.7. The van der Waals surface area contributed by atoms with Gasteiger partial charge in [0.05, 0.1) is 71.0 Å². The van der Waals surface area contributed by atoms with Crippen molar-refractivity contribution in [3.05, 3.63) is 251 Å². The molecule has 0 unspecified atom stereocenters. The number of carbonyl (C=O) groups is 1. The molecule has 7 aromatic rings. The number of esters is 1. The molecular weight excluding hydrogens is 1130 g/mol. The summed E-state index contributed by atoms with van der Waals surface area (Å²) in [5.74, 6) is -1.33. The SMILES string of the molecule is CCCCCCCCCCCCCCCC(=O)OC[C@@H]1[C@H](OCc2ccccc2)[C@H](OCc2ccccc2)[C@@H](OP(=O)(OCc2ccccc2)OCc2ccccc2)[C@H](OP(=O)(OCc2ccccc2)OCc2ccccc2)[C@H]1OCc1ccccc1. The van der Waals surface area contributed by atoms with Crippen molar-refractivity contribution in [2.24, 2.45) is 5.92 Å². The van der Waals surface area contributed by atoms with Gasteiger partial charge in [-0.05, 0) is 45.4 Å². The highest BCUT2D eigenvalue weighted by Crippen LogP contribution is 2.59. The third kappa shape index (κ3) is 23.9. The van der Waals surface area contributed by atoms with Crippen LogP contribution in [0.2, 0.25) is 0 Å². The summed E-state index contributed by atoms with van der Waals surface area (Å²) < 4.78 is 99.6. The summed E-state index contributed by atoms with van der Waals surface area (Å²) in [6.45, 7) is 1.33. The van der Waals surface area contributed by atoms with Crippen LogP contribution in [-0.4, -0.2) is 43.1 Å². The van der Waals surface area contributed by atoms with E-state index < -0.39 is 58.1 Å². The standard InChI is InChI=1S/C72H88O13P2/c1-2-3-4-5-6-7-8-9-10-11-12-13-35-50-67(73)76-58-66-68(77-51-59-36-21-14-22-37-59)70(79-53-61-40-25-16-26-41-61)72(85-87(75,82-56-64-46-31-19-32-47-64)83-57-65-48-33-20-34-49-65)71(69(66)78-52-60-38-23-15-24-39-60)84-86(74,80-54-62-42-27-17-28-43-62)81-55-63-44-29-18-30-45-63/h14-34,36-49,66,68-72H,2-13,35,50-58H2,1H3/t66-,68+,69+,70+,71-,72-/m1/s1. The lowest BCUT2D eigenvalue weighted by molar-refractivity contribution is -0.248. The molecule has 8 rings (SSSR count). The Labute approximate surface area is 516 Å². The van der Waals surface area contributed by atoms with Crippen LogP contribution in [0.25, 0.3) is 0 Å². The van der Waals surface area contributed by atoms with Gasteiger partial charge in [0, 0.05) is 6.42 Å². The van der Waals surface area contributed by atoms with Crippen LogP contribution < -0.4 is 0 Å². The van der Waals surface area contributed by atoms with E-state index in [-0.39, 0.29) is 59.3 Å². The molecule has 0 radical (unpaired) electrons. The van der Waals surface area contributed by atoms with Gasteiger partial charge in [0.1, 0.15) is 18.3 Å². The van der Waals surface area contributed by atoms with Crippen LogP contribution in [0.5, 0.6) is 0 Å². The normalized spacial score (nSPS) is 17.9. The molecule has 1 aliphatic rings. The Bertz CT molecular complexity index is 2940. The maximum absolute atomic E-state index is 16.1. The number of phosphoric acid groups is 2. The third-order valence-electron chi connectivity index (χ3n) is 15.3. The minimum absolute atomic E-state index is 0.00288. The number of benzene rings is 7. The van der Waals surface area contributed by atoms with Gasteiger partial charge >= 0.3 is 21.6 Å². The van der Waals surface area contributed by atoms with Crippen molar-refractivity contribution in [2.45, 2.75) is 174 Å². The van der Waals surface area contributed by atoms with E-state index in [4.69, 9.17) is 46.1 Å². The number of ether oxygens (including phenoxy) is 4. The van der Waals surface area contributed by atoms with E-state index in [0.29, 0.717) is 28.7 Å². The fourth-order valence-electron chi connectivity index (χ4n) is 10.5. The molecule has 6 atom stereocenters. The second-order valence-corrected chi connectivity index (χ2v) is 25.4. The Kier molecular flexibility index (Phi) is 29.2. The van der Waals surface area contributed by atoms with Crippen LogP contribution in [0.3, 0.4) is 0 Å². The molecule has 0 N–H and O–H groups in total. The van der Waals surface area contributed by atoms with Crippen molar-refractivity contribution in [2.75, 3.05) is 6.61 Å². The van der Waals surface area contributed by atoms with Crippen LogP contribution in [0.15, 0.2) is 212 Å². The van der Waals surface area contributed by atoms with Crippen molar-refractivity contribution in [3.8, 4) is 0 Å². The van der Waals surface area contributed by atoms with Crippen LogP contribution in [0.4, 0.5) is 0 Å². The minimum Gasteiger partial charge on any atom is -0.465 e. The summed E-state index contributed by atoms with van der Waals surface area (Å²) in [6, 6.07) is 65.9. The molecule has 0 aliphatic heterocycles. The molecule has 464 valence electrons. The van der Waals surface area contributed by atoms with Crippen molar-refractivity contribution in [1.29, 1.82) is 0 Å². The smallest absolute Gasteiger partial charge is 0.465 e. The second-order valence-electron chi connectivity index (χ2n) is 22.2. The van der Waals surface area contributed by atoms with Gasteiger partial charge in [0.25, 0.3) is 0 Å². The van der Waals surface area contributed by atoms with Crippen molar-refractivity contribution in [1.82, 2.24) is 0 Å². The molecule has 1 fully saturated rings. The lowest BCUT2D eigenvalue weighted by Crippen LogP contribution is -2.65. The largest absolute Gasteiger partial charge is 0.475 e. The Hall–Kier alpha value is -5.89. The fraction of sp³-hybridized carbons (Fsp3) is 0.403. The van der Waals surface area contributed by atoms with Gasteiger partial charge in [-0.15, -0.1) is 0 Å². The van der Waals surface area contributed by atoms with Gasteiger partial charge in [-0.3, -0.25) is 31.9 Å². The van der Waals surface area contributed by atoms with Crippen LogP contribution >= 0.6 is 15.6 Å². The number of hydrogen-bond acceptors (Lipinski definition) is 13. The summed E-state index contributed by atoms with van der Waals surface area (Å²) in [6.07, 6.45) is 8.73. The average molecular weight is 1220 g/mol. The van der Waals surface area contributed by atoms with E-state index in [1.807, 2.05) is 212 Å². The topological polar surface area (TPSA) is 144 Å². The highest BCUT2D eigenvalue weighted by atomic mass is 31.2. The van der Waals surface area contributed by atoms with E-state index in [2.05, 4.69) is 6.92 Å². The van der Waals surface area contributed by atoms with Gasteiger partial charge in [-0.2, -0.15) is 0 Å². The Morgan fingerprint density at radius 2 is 0.575 bits per heavy atom. The van der Waals surface area contributed by atoms with Gasteiger partial charge in [-0.1, -0.05) is 296 Å². The summed E-state index contributed by atoms with van der Waals surface area (Å²) >= 11 is 0. The highest BCUT2D eigenvalue weighted by Gasteiger charge is 2.59. The zero-order valence-corrected chi connectivity index (χ0v) is 52.2. The van der Waals surface area contributed by atoms with Crippen LogP contribution in [0, 0.1) is 5.92 Å². The van der Waals surface area contributed by atoms with E-state index in [1.54, 1.807) is 0 Å². The zero-order chi connectivity index (χ0) is 60.5. The predicted octanol–water partition coefficient (Wildman–Crippen LogP) is 18.3. The lowest BCUT2D eigenvalue weighted by Gasteiger charge is -2.50. The Morgan fingerprint density at radius 1 is 0.322 bits per heavy atom. The zero-order valence-electron chi connectivity index (χ0n) is 50.4. The number of unbranched alkanes of at least 4 members (excludes halogenated alkanes) is 12. The molecule has 87 heavy (non-hydrogen) atoms. The van der Waals surface area contributed by atoms with Gasteiger partial charge in [-0.25, -0.2) is 9.13 Å². The molecule has 15 heteroatoms. The van der Waals surface area contributed by atoms with Gasteiger partial charge in [0.2, 0.25) is 0 Å². The second kappa shape index (κ2) is 37.8. The number of hydrogen-bond donors (Lipinski definition) is 0. The molecule has 1 saturated carbocycles. The van der Waals surface area contributed by atoms with Crippen molar-refractivity contribution in [3.63, 3.8) is 0 Å². The molecule has 0 spiro atoms. The number of phosphoric ester groups is 2. The van der Waals surface area contributed by atoms with Crippen molar-refractivity contribution < 1.29 is 60.0 Å². The van der Waals surface area contributed by atoms with E-state index in [9.17, 15) is 4.79 Å². The molecular formula is C72H88O13P2. The maximum atomic E-state index is 16.1. The molecule has 1 aliphatic carbocycles. The quantitative estimate of drug-likeness (QED) is 0.0204. The van der Waals surface area contributed by atoms with Gasteiger partial charge < -0.3 is 18.9 Å². The van der Waals surface area contributed by atoms with Crippen molar-refractivity contribution >= 4 is 21.6 Å². The predicted molar refractivity (Wildman–Crippen MR) is 340 cm³/mol.